The van der Waals surface area contributed by atoms with Crippen LogP contribution in [0.1, 0.15) is 23.6 Å². The number of hydrogen-bond donors (Lipinski definition) is 2. The van der Waals surface area contributed by atoms with E-state index in [1.54, 1.807) is 0 Å². The molecule has 2 amide bonds. The molecule has 1 atom stereocenters. The molecule has 0 spiro atoms. The molecule has 1 aromatic heterocycles. The second-order valence-electron chi connectivity index (χ2n) is 7.63. The van der Waals surface area contributed by atoms with Crippen LogP contribution in [0.4, 0.5) is 11.5 Å². The minimum Gasteiger partial charge on any atom is -0.379 e. The summed E-state index contributed by atoms with van der Waals surface area (Å²) in [7, 11) is 2.12. The quantitative estimate of drug-likeness (QED) is 0.710. The summed E-state index contributed by atoms with van der Waals surface area (Å²) >= 11 is 0. The van der Waals surface area contributed by atoms with Gasteiger partial charge in [0.2, 0.25) is 0 Å². The minimum absolute atomic E-state index is 0.0322. The van der Waals surface area contributed by atoms with E-state index in [1.807, 2.05) is 0 Å². The first-order valence-corrected chi connectivity index (χ1v) is 10.3. The number of morpholine rings is 1. The van der Waals surface area contributed by atoms with Gasteiger partial charge in [-0.05, 0) is 30.0 Å². The Morgan fingerprint density at radius 3 is 2.77 bits per heavy atom. The zero-order valence-corrected chi connectivity index (χ0v) is 17.1. The molecule has 2 aliphatic rings. The molecule has 0 radical (unpaired) electrons. The molecule has 0 aliphatic carbocycles. The van der Waals surface area contributed by atoms with Gasteiger partial charge in [0, 0.05) is 45.0 Å². The second kappa shape index (κ2) is 9.27. The fraction of sp³-hybridized carbons (Fsp3) is 0.476. The van der Waals surface area contributed by atoms with Gasteiger partial charge in [-0.2, -0.15) is 0 Å². The van der Waals surface area contributed by atoms with Crippen LogP contribution in [-0.2, 0) is 20.7 Å². The summed E-state index contributed by atoms with van der Waals surface area (Å²) in [6.07, 6.45) is 3.51. The Morgan fingerprint density at radius 1 is 1.17 bits per heavy atom. The molecule has 1 saturated heterocycles. The van der Waals surface area contributed by atoms with Gasteiger partial charge in [-0.15, -0.1) is 0 Å². The van der Waals surface area contributed by atoms with Gasteiger partial charge in [-0.1, -0.05) is 17.3 Å². The van der Waals surface area contributed by atoms with Gasteiger partial charge in [0.25, 0.3) is 0 Å². The van der Waals surface area contributed by atoms with E-state index in [0.717, 1.165) is 38.0 Å². The monoisotopic (exact) mass is 413 g/mol. The van der Waals surface area contributed by atoms with E-state index in [1.165, 1.54) is 23.6 Å². The van der Waals surface area contributed by atoms with E-state index in [0.29, 0.717) is 19.8 Å². The summed E-state index contributed by atoms with van der Waals surface area (Å²) in [5.74, 6) is -1.26. The Bertz CT molecular complexity index is 880. The van der Waals surface area contributed by atoms with Gasteiger partial charge in [-0.3, -0.25) is 19.8 Å². The van der Waals surface area contributed by atoms with E-state index >= 15 is 0 Å². The number of fused-ring (bicyclic) bond motifs is 1. The number of ether oxygens (including phenoxy) is 1. The number of carbonyl (C=O) groups excluding carboxylic acids is 2. The van der Waals surface area contributed by atoms with Gasteiger partial charge >= 0.3 is 11.8 Å². The normalized spacial score (nSPS) is 17.8. The van der Waals surface area contributed by atoms with Crippen molar-refractivity contribution < 1.29 is 18.8 Å². The molecule has 3 heterocycles. The summed E-state index contributed by atoms with van der Waals surface area (Å²) in [5, 5.41) is 8.78. The highest BCUT2D eigenvalue weighted by Gasteiger charge is 2.26. The Labute approximate surface area is 175 Å². The minimum atomic E-state index is -0.767. The lowest BCUT2D eigenvalue weighted by Crippen LogP contribution is -2.45. The van der Waals surface area contributed by atoms with Crippen molar-refractivity contribution in [1.29, 1.82) is 0 Å². The van der Waals surface area contributed by atoms with Crippen molar-refractivity contribution in [1.82, 2.24) is 15.4 Å². The van der Waals surface area contributed by atoms with Crippen molar-refractivity contribution in [3.63, 3.8) is 0 Å². The zero-order chi connectivity index (χ0) is 20.9. The maximum atomic E-state index is 12.3. The number of nitrogens with zero attached hydrogens (tertiary/aromatic N) is 3. The van der Waals surface area contributed by atoms with Crippen LogP contribution in [0.2, 0.25) is 0 Å². The summed E-state index contributed by atoms with van der Waals surface area (Å²) in [6, 6.07) is 7.98. The number of amides is 2. The molecule has 2 N–H and O–H groups in total. The van der Waals surface area contributed by atoms with Gasteiger partial charge in [0.1, 0.15) is 6.26 Å². The van der Waals surface area contributed by atoms with Crippen LogP contribution in [0.25, 0.3) is 0 Å². The molecule has 30 heavy (non-hydrogen) atoms. The van der Waals surface area contributed by atoms with Gasteiger partial charge in [-0.25, -0.2) is 0 Å². The smallest absolute Gasteiger partial charge is 0.314 e. The molecular formula is C21H27N5O4. The highest BCUT2D eigenvalue weighted by Crippen LogP contribution is 2.30. The highest BCUT2D eigenvalue weighted by atomic mass is 16.5. The van der Waals surface area contributed by atoms with E-state index in [4.69, 9.17) is 4.74 Å². The van der Waals surface area contributed by atoms with Gasteiger partial charge in [0.15, 0.2) is 5.82 Å². The number of rotatable bonds is 5. The number of aromatic nitrogens is 1. The first-order chi connectivity index (χ1) is 14.6. The molecule has 9 heteroatoms. The third kappa shape index (κ3) is 4.63. The predicted molar refractivity (Wildman–Crippen MR) is 111 cm³/mol. The third-order valence-electron chi connectivity index (χ3n) is 5.67. The summed E-state index contributed by atoms with van der Waals surface area (Å²) < 4.78 is 10.2. The van der Waals surface area contributed by atoms with Crippen LogP contribution in [0.15, 0.2) is 35.1 Å². The lowest BCUT2D eigenvalue weighted by atomic mass is 9.95. The van der Waals surface area contributed by atoms with Crippen molar-refractivity contribution in [2.75, 3.05) is 56.7 Å². The lowest BCUT2D eigenvalue weighted by Gasteiger charge is -2.36. The average Bonchev–Trinajstić information content (AvgIpc) is 3.27. The van der Waals surface area contributed by atoms with Gasteiger partial charge in [0.05, 0.1) is 19.3 Å². The Kier molecular flexibility index (Phi) is 6.29. The molecule has 0 saturated carbocycles. The molecule has 2 aliphatic heterocycles. The van der Waals surface area contributed by atoms with Gasteiger partial charge < -0.3 is 19.5 Å². The number of hydrogen-bond acceptors (Lipinski definition) is 7. The van der Waals surface area contributed by atoms with Crippen LogP contribution < -0.4 is 15.5 Å². The number of aryl methyl sites for hydroxylation is 1. The maximum Gasteiger partial charge on any atom is 0.314 e. The van der Waals surface area contributed by atoms with E-state index < -0.39 is 11.8 Å². The fourth-order valence-corrected chi connectivity index (χ4v) is 4.08. The van der Waals surface area contributed by atoms with Crippen molar-refractivity contribution >= 4 is 23.3 Å². The second-order valence-corrected chi connectivity index (χ2v) is 7.63. The fourth-order valence-electron chi connectivity index (χ4n) is 4.08. The molecule has 9 nitrogen and oxygen atoms in total. The van der Waals surface area contributed by atoms with E-state index in [-0.39, 0.29) is 11.9 Å². The number of carbonyl (C=O) groups is 2. The SMILES string of the molecule is CN1CCCc2cc([C@@H](CNC(=O)C(=O)Nc3ccon3)N3CCOCC3)ccc21. The first-order valence-electron chi connectivity index (χ1n) is 10.3. The zero-order valence-electron chi connectivity index (χ0n) is 17.1. The first kappa shape index (κ1) is 20.4. The Balaban J connectivity index is 1.47. The van der Waals surface area contributed by atoms with Crippen molar-refractivity contribution in [2.45, 2.75) is 18.9 Å². The third-order valence-corrected chi connectivity index (χ3v) is 5.67. The Morgan fingerprint density at radius 2 is 2.00 bits per heavy atom. The highest BCUT2D eigenvalue weighted by molar-refractivity contribution is 6.39. The molecule has 4 rings (SSSR count). The standard InChI is InChI=1S/C21H27N5O4/c1-25-7-2-3-15-13-16(4-5-17(15)25)18(26-8-11-29-12-9-26)14-22-20(27)21(28)23-19-6-10-30-24-19/h4-6,10,13,18H,2-3,7-9,11-12,14H2,1H3,(H,22,27)(H,23,24,28)/t18-/m1/s1. The average molecular weight is 413 g/mol. The van der Waals surface area contributed by atoms with Crippen LogP contribution in [0, 0.1) is 0 Å². The summed E-state index contributed by atoms with van der Waals surface area (Å²) in [5.41, 5.74) is 3.74. The Hall–Kier alpha value is -2.91. The molecule has 0 unspecified atom stereocenters. The molecule has 1 aromatic carbocycles. The molecular weight excluding hydrogens is 386 g/mol. The molecule has 2 aromatic rings. The van der Waals surface area contributed by atoms with Crippen molar-refractivity contribution in [3.8, 4) is 0 Å². The van der Waals surface area contributed by atoms with Crippen LogP contribution in [0.5, 0.6) is 0 Å². The summed E-state index contributed by atoms with van der Waals surface area (Å²) in [4.78, 5) is 29.0. The largest absolute Gasteiger partial charge is 0.379 e. The topological polar surface area (TPSA) is 99.9 Å². The maximum absolute atomic E-state index is 12.3. The van der Waals surface area contributed by atoms with Crippen LogP contribution in [0.3, 0.4) is 0 Å². The number of anilines is 2. The molecule has 160 valence electrons. The number of nitrogens with one attached hydrogen (secondary N) is 2. The van der Waals surface area contributed by atoms with E-state index in [9.17, 15) is 9.59 Å². The van der Waals surface area contributed by atoms with Crippen molar-refractivity contribution in [2.24, 2.45) is 0 Å². The molecule has 1 fully saturated rings. The summed E-state index contributed by atoms with van der Waals surface area (Å²) in [6.45, 7) is 4.27. The lowest BCUT2D eigenvalue weighted by molar-refractivity contribution is -0.136. The van der Waals surface area contributed by atoms with Crippen molar-refractivity contribution in [3.05, 3.63) is 41.7 Å². The number of benzene rings is 1. The predicted octanol–water partition coefficient (Wildman–Crippen LogP) is 1.19. The molecule has 0 bridgehead atoms. The van der Waals surface area contributed by atoms with E-state index in [2.05, 4.69) is 55.4 Å². The van der Waals surface area contributed by atoms with Crippen LogP contribution >= 0.6 is 0 Å². The van der Waals surface area contributed by atoms with Crippen LogP contribution in [-0.4, -0.2) is 68.3 Å².